The van der Waals surface area contributed by atoms with Crippen LogP contribution in [-0.4, -0.2) is 34.8 Å². The highest BCUT2D eigenvalue weighted by Gasteiger charge is 2.42. The molecule has 0 spiro atoms. The Morgan fingerprint density at radius 3 is 2.31 bits per heavy atom. The van der Waals surface area contributed by atoms with Crippen molar-refractivity contribution in [1.29, 1.82) is 0 Å². The lowest BCUT2D eigenvalue weighted by Gasteiger charge is -2.29. The zero-order valence-electron chi connectivity index (χ0n) is 25.1. The van der Waals surface area contributed by atoms with Crippen molar-refractivity contribution >= 4 is 34.6 Å². The van der Waals surface area contributed by atoms with Crippen molar-refractivity contribution in [1.82, 2.24) is 14.9 Å². The van der Waals surface area contributed by atoms with Gasteiger partial charge in [0.05, 0.1) is 37.7 Å². The molecule has 2 atom stereocenters. The van der Waals surface area contributed by atoms with Crippen LogP contribution in [-0.2, 0) is 4.79 Å². The second kappa shape index (κ2) is 11.5. The molecule has 0 aliphatic carbocycles. The molecule has 1 aliphatic rings. The van der Waals surface area contributed by atoms with Crippen molar-refractivity contribution in [2.75, 3.05) is 24.4 Å². The first-order valence-corrected chi connectivity index (χ1v) is 14.3. The number of anilines is 2. The molecule has 2 N–H and O–H groups in total. The highest BCUT2D eigenvalue weighted by molar-refractivity contribution is 7.80. The molecule has 5 rings (SSSR count). The number of benzene rings is 2. The minimum absolute atomic E-state index is 0.0917. The fraction of sp³-hybridized carbons (Fsp3) is 0.303. The van der Waals surface area contributed by atoms with Crippen molar-refractivity contribution in [3.63, 3.8) is 0 Å². The highest BCUT2D eigenvalue weighted by atomic mass is 32.1. The van der Waals surface area contributed by atoms with Gasteiger partial charge in [0.25, 0.3) is 0 Å². The smallest absolute Gasteiger partial charge is 0.229 e. The number of pyridine rings is 1. The van der Waals surface area contributed by atoms with Crippen molar-refractivity contribution in [2.45, 2.75) is 46.7 Å². The van der Waals surface area contributed by atoms with Gasteiger partial charge in [-0.2, -0.15) is 0 Å². The van der Waals surface area contributed by atoms with Gasteiger partial charge in [0, 0.05) is 40.4 Å². The molecule has 0 saturated carbocycles. The van der Waals surface area contributed by atoms with Crippen LogP contribution in [0.15, 0.2) is 72.9 Å². The molecule has 4 aromatic rings. The Balaban J connectivity index is 1.61. The summed E-state index contributed by atoms with van der Waals surface area (Å²) >= 11 is 5.97. The Morgan fingerprint density at radius 1 is 0.976 bits per heavy atom. The molecule has 0 bridgehead atoms. The third-order valence-electron chi connectivity index (χ3n) is 7.61. The van der Waals surface area contributed by atoms with Crippen LogP contribution in [0.5, 0.6) is 11.5 Å². The first kappa shape index (κ1) is 29.1. The van der Waals surface area contributed by atoms with Gasteiger partial charge in [0.2, 0.25) is 5.91 Å². The molecule has 9 heteroatoms. The van der Waals surface area contributed by atoms with E-state index in [0.717, 1.165) is 39.8 Å². The molecule has 0 radical (unpaired) electrons. The number of hydrogen-bond donors (Lipinski definition) is 2. The summed E-state index contributed by atoms with van der Waals surface area (Å²) in [6.45, 7) is 9.87. The molecule has 3 heterocycles. The van der Waals surface area contributed by atoms with Gasteiger partial charge in [0.1, 0.15) is 11.5 Å². The maximum absolute atomic E-state index is 12.7. The van der Waals surface area contributed by atoms with Gasteiger partial charge >= 0.3 is 0 Å². The zero-order chi connectivity index (χ0) is 30.2. The second-order valence-corrected chi connectivity index (χ2v) is 11.8. The van der Waals surface area contributed by atoms with Crippen LogP contribution < -0.4 is 25.0 Å². The van der Waals surface area contributed by atoms with Crippen LogP contribution in [0.3, 0.4) is 0 Å². The number of thiocarbonyl (C=S) groups is 1. The summed E-state index contributed by atoms with van der Waals surface area (Å²) in [5.41, 5.74) is 6.16. The van der Waals surface area contributed by atoms with E-state index in [1.165, 1.54) is 0 Å². The molecular weight excluding hydrogens is 546 g/mol. The first-order chi connectivity index (χ1) is 20.0. The highest BCUT2D eigenvalue weighted by Crippen LogP contribution is 2.45. The van der Waals surface area contributed by atoms with Crippen molar-refractivity contribution in [3.05, 3.63) is 95.6 Å². The van der Waals surface area contributed by atoms with Gasteiger partial charge in [-0.3, -0.25) is 9.78 Å². The monoisotopic (exact) mass is 583 g/mol. The third kappa shape index (κ3) is 5.44. The number of carbonyl (C=O) groups excluding carboxylic acids is 1. The number of aryl methyl sites for hydroxylation is 1. The Bertz CT molecular complexity index is 1610. The summed E-state index contributed by atoms with van der Waals surface area (Å²) in [7, 11) is 3.27. The molecule has 0 unspecified atom stereocenters. The van der Waals surface area contributed by atoms with E-state index in [4.69, 9.17) is 26.7 Å². The summed E-state index contributed by atoms with van der Waals surface area (Å²) < 4.78 is 13.4. The van der Waals surface area contributed by atoms with Gasteiger partial charge in [-0.25, -0.2) is 0 Å². The molecule has 8 nitrogen and oxygen atoms in total. The second-order valence-electron chi connectivity index (χ2n) is 11.4. The predicted octanol–water partition coefficient (Wildman–Crippen LogP) is 6.67. The van der Waals surface area contributed by atoms with Gasteiger partial charge < -0.3 is 29.6 Å². The lowest BCUT2D eigenvalue weighted by atomic mass is 9.95. The quantitative estimate of drug-likeness (QED) is 0.235. The van der Waals surface area contributed by atoms with E-state index in [2.05, 4.69) is 52.1 Å². The number of amides is 1. The van der Waals surface area contributed by atoms with Crippen molar-refractivity contribution in [2.24, 2.45) is 5.41 Å². The van der Waals surface area contributed by atoms with E-state index < -0.39 is 5.41 Å². The summed E-state index contributed by atoms with van der Waals surface area (Å²) in [6, 6.07) is 21.5. The predicted molar refractivity (Wildman–Crippen MR) is 171 cm³/mol. The number of carbonyl (C=O) groups is 1. The molecule has 1 saturated heterocycles. The van der Waals surface area contributed by atoms with E-state index in [1.807, 2.05) is 69.3 Å². The molecular formula is C33H37N5O3S. The number of aromatic nitrogens is 2. The summed E-state index contributed by atoms with van der Waals surface area (Å²) in [4.78, 5) is 19.5. The molecule has 2 aromatic heterocycles. The number of ether oxygens (including phenoxy) is 2. The number of nitrogens with one attached hydrogen (secondary N) is 2. The maximum atomic E-state index is 12.7. The normalized spacial score (nSPS) is 16.7. The molecule has 2 aromatic carbocycles. The minimum Gasteiger partial charge on any atom is -0.497 e. The van der Waals surface area contributed by atoms with Crippen molar-refractivity contribution < 1.29 is 14.3 Å². The Labute approximate surface area is 252 Å². The minimum atomic E-state index is -0.544. The van der Waals surface area contributed by atoms with Crippen LogP contribution in [0, 0.1) is 19.3 Å². The van der Waals surface area contributed by atoms with E-state index in [1.54, 1.807) is 20.4 Å². The number of hydrogen-bond acceptors (Lipinski definition) is 5. The third-order valence-corrected chi connectivity index (χ3v) is 7.92. The maximum Gasteiger partial charge on any atom is 0.229 e. The van der Waals surface area contributed by atoms with Gasteiger partial charge in [0.15, 0.2) is 5.11 Å². The van der Waals surface area contributed by atoms with E-state index >= 15 is 0 Å². The molecule has 218 valence electrons. The standard InChI is InChI=1S/C33H37N5O3S/c1-20-18-25(21(2)37(20)22-11-14-24(40-6)15-12-22)30-29(27-10-8-9-17-34-27)36-32(42)38(30)23-13-16-26(28(19-23)41-7)35-31(39)33(3,4)5/h8-19,29-30H,1-7H3,(H,35,39)(H,36,42)/t29-,30-/m0/s1. The van der Waals surface area contributed by atoms with Gasteiger partial charge in [-0.15, -0.1) is 0 Å². The SMILES string of the molecule is COc1ccc(-n2c(C)cc([C@H]3[C@H](c4ccccn4)NC(=S)N3c3ccc(NC(=O)C(C)(C)C)c(OC)c3)c2C)cc1. The summed E-state index contributed by atoms with van der Waals surface area (Å²) in [5.74, 6) is 1.27. The zero-order valence-corrected chi connectivity index (χ0v) is 25.9. The molecule has 42 heavy (non-hydrogen) atoms. The molecule has 1 amide bonds. The van der Waals surface area contributed by atoms with Crippen LogP contribution in [0.4, 0.5) is 11.4 Å². The fourth-order valence-corrected chi connectivity index (χ4v) is 5.75. The number of methoxy groups -OCH3 is 2. The topological polar surface area (TPSA) is 80.7 Å². The van der Waals surface area contributed by atoms with Gasteiger partial charge in [-0.1, -0.05) is 26.8 Å². The largest absolute Gasteiger partial charge is 0.497 e. The number of nitrogens with zero attached hydrogens (tertiary/aromatic N) is 3. The summed E-state index contributed by atoms with van der Waals surface area (Å²) in [6.07, 6.45) is 1.80. The molecule has 1 fully saturated rings. The van der Waals surface area contributed by atoms with E-state index in [-0.39, 0.29) is 18.0 Å². The Hall–Kier alpha value is -4.37. The number of rotatable bonds is 7. The Morgan fingerprint density at radius 2 is 1.69 bits per heavy atom. The lowest BCUT2D eigenvalue weighted by Crippen LogP contribution is -2.30. The van der Waals surface area contributed by atoms with Crippen LogP contribution >= 0.6 is 12.2 Å². The van der Waals surface area contributed by atoms with Gasteiger partial charge in [-0.05, 0) is 86.2 Å². The van der Waals surface area contributed by atoms with Crippen LogP contribution in [0.1, 0.15) is 55.5 Å². The molecule has 1 aliphatic heterocycles. The average molecular weight is 584 g/mol. The average Bonchev–Trinajstić information content (AvgIpc) is 3.47. The first-order valence-electron chi connectivity index (χ1n) is 13.9. The van der Waals surface area contributed by atoms with Crippen LogP contribution in [0.2, 0.25) is 0 Å². The summed E-state index contributed by atoms with van der Waals surface area (Å²) in [5, 5.41) is 7.12. The Kier molecular flexibility index (Phi) is 7.97. The van der Waals surface area contributed by atoms with E-state index in [0.29, 0.717) is 16.5 Å². The fourth-order valence-electron chi connectivity index (χ4n) is 5.41. The lowest BCUT2D eigenvalue weighted by molar-refractivity contribution is -0.123. The van der Waals surface area contributed by atoms with Crippen molar-refractivity contribution in [3.8, 4) is 17.2 Å². The van der Waals surface area contributed by atoms with E-state index in [9.17, 15) is 4.79 Å². The van der Waals surface area contributed by atoms with Crippen LogP contribution in [0.25, 0.3) is 5.69 Å².